The summed E-state index contributed by atoms with van der Waals surface area (Å²) in [7, 11) is 0. The number of alkyl carbamates (subject to hydrolysis) is 1. The van der Waals surface area contributed by atoms with Gasteiger partial charge in [0.1, 0.15) is 11.6 Å². The first-order chi connectivity index (χ1) is 24.3. The van der Waals surface area contributed by atoms with Crippen molar-refractivity contribution in [3.05, 3.63) is 83.4 Å². The molecule has 268 valence electrons. The molecule has 0 saturated heterocycles. The van der Waals surface area contributed by atoms with Crippen LogP contribution in [0, 0.1) is 18.8 Å². The molecule has 1 saturated carbocycles. The maximum absolute atomic E-state index is 13.8. The van der Waals surface area contributed by atoms with Crippen LogP contribution in [0.25, 0.3) is 22.5 Å². The topological polar surface area (TPSA) is 188 Å². The second-order valence-electron chi connectivity index (χ2n) is 14.1. The molecule has 0 spiro atoms. The van der Waals surface area contributed by atoms with Crippen molar-refractivity contribution in [1.29, 1.82) is 0 Å². The summed E-state index contributed by atoms with van der Waals surface area (Å²) in [5, 5.41) is 32.2. The molecule has 0 radical (unpaired) electrons. The number of nitrogens with zero attached hydrogens (tertiary/aromatic N) is 3. The second kappa shape index (κ2) is 16.4. The number of aromatic nitrogens is 4. The highest BCUT2D eigenvalue weighted by molar-refractivity contribution is 5.97. The van der Waals surface area contributed by atoms with E-state index in [-0.39, 0.29) is 29.7 Å². The van der Waals surface area contributed by atoms with E-state index in [9.17, 15) is 24.3 Å². The molecule has 0 aliphatic heterocycles. The predicted octanol–water partition coefficient (Wildman–Crippen LogP) is 5.93. The summed E-state index contributed by atoms with van der Waals surface area (Å²) >= 11 is 0. The number of hydrogen-bond donors (Lipinski definition) is 5. The lowest BCUT2D eigenvalue weighted by Gasteiger charge is -2.29. The Balaban J connectivity index is 1.25. The standard InChI is InChI=1S/C38H45N7O6/c1-23-18-29(36(48)49)14-17-31(23)28-7-5-6-26(19-28)20-32(35(47)40-30-15-12-27(13-16-30)34-42-44-45-43-34)41-33(46)21-24-8-10-25(11-9-24)22-39-37(50)51-38(2,3)4/h5-7,12-19,24-25,32H,8-11,20-22H2,1-4H3,(H,39,50)(H,40,47)(H,41,46)(H,48,49)(H,42,43,44,45). The van der Waals surface area contributed by atoms with E-state index in [0.29, 0.717) is 30.4 Å². The quantitative estimate of drug-likeness (QED) is 0.120. The number of nitrogens with one attached hydrogen (secondary N) is 4. The van der Waals surface area contributed by atoms with Crippen LogP contribution < -0.4 is 16.0 Å². The van der Waals surface area contributed by atoms with Crippen LogP contribution >= 0.6 is 0 Å². The number of carboxylic acid groups (broad SMARTS) is 1. The van der Waals surface area contributed by atoms with Gasteiger partial charge in [0.25, 0.3) is 0 Å². The van der Waals surface area contributed by atoms with Crippen molar-refractivity contribution in [3.63, 3.8) is 0 Å². The van der Waals surface area contributed by atoms with Crippen LogP contribution in [0.15, 0.2) is 66.7 Å². The third-order valence-corrected chi connectivity index (χ3v) is 8.93. The number of aromatic amines is 1. The minimum absolute atomic E-state index is 0.171. The number of H-pyrrole nitrogens is 1. The molecule has 1 heterocycles. The highest BCUT2D eigenvalue weighted by Gasteiger charge is 2.27. The van der Waals surface area contributed by atoms with E-state index in [1.807, 2.05) is 52.0 Å². The van der Waals surface area contributed by atoms with Gasteiger partial charge in [0.15, 0.2) is 0 Å². The Morgan fingerprint density at radius 2 is 1.67 bits per heavy atom. The molecule has 1 fully saturated rings. The third-order valence-electron chi connectivity index (χ3n) is 8.93. The van der Waals surface area contributed by atoms with Crippen molar-refractivity contribution in [2.24, 2.45) is 11.8 Å². The number of hydrogen-bond acceptors (Lipinski definition) is 8. The van der Waals surface area contributed by atoms with Gasteiger partial charge in [-0.1, -0.05) is 30.3 Å². The first kappa shape index (κ1) is 36.7. The van der Waals surface area contributed by atoms with Crippen LogP contribution in [0.5, 0.6) is 0 Å². The average Bonchev–Trinajstić information content (AvgIpc) is 3.63. The molecular formula is C38H45N7O6. The molecular weight excluding hydrogens is 650 g/mol. The Hall–Kier alpha value is -5.59. The van der Waals surface area contributed by atoms with Crippen molar-refractivity contribution in [2.75, 3.05) is 11.9 Å². The molecule has 1 aromatic heterocycles. The molecule has 3 aromatic carbocycles. The fraction of sp³-hybridized carbons (Fsp3) is 0.395. The van der Waals surface area contributed by atoms with Crippen molar-refractivity contribution >= 4 is 29.6 Å². The fourth-order valence-electron chi connectivity index (χ4n) is 6.34. The van der Waals surface area contributed by atoms with Gasteiger partial charge in [-0.05, 0) is 129 Å². The van der Waals surface area contributed by atoms with E-state index in [1.54, 1.807) is 42.5 Å². The van der Waals surface area contributed by atoms with Gasteiger partial charge in [-0.25, -0.2) is 9.59 Å². The monoisotopic (exact) mass is 695 g/mol. The summed E-state index contributed by atoms with van der Waals surface area (Å²) in [5.74, 6) is -0.633. The number of aromatic carboxylic acids is 1. The van der Waals surface area contributed by atoms with Crippen molar-refractivity contribution in [1.82, 2.24) is 31.3 Å². The van der Waals surface area contributed by atoms with Gasteiger partial charge < -0.3 is 25.8 Å². The maximum atomic E-state index is 13.8. The zero-order valence-electron chi connectivity index (χ0n) is 29.4. The molecule has 1 unspecified atom stereocenters. The summed E-state index contributed by atoms with van der Waals surface area (Å²) < 4.78 is 5.34. The lowest BCUT2D eigenvalue weighted by Crippen LogP contribution is -2.45. The van der Waals surface area contributed by atoms with E-state index < -0.39 is 23.7 Å². The van der Waals surface area contributed by atoms with E-state index >= 15 is 0 Å². The molecule has 3 amide bonds. The molecule has 13 nitrogen and oxygen atoms in total. The largest absolute Gasteiger partial charge is 0.478 e. The van der Waals surface area contributed by atoms with Crippen molar-refractivity contribution < 1.29 is 29.0 Å². The Labute approximate surface area is 297 Å². The van der Waals surface area contributed by atoms with Gasteiger partial charge in [-0.15, -0.1) is 10.2 Å². The Bertz CT molecular complexity index is 1830. The zero-order valence-corrected chi connectivity index (χ0v) is 29.4. The van der Waals surface area contributed by atoms with Crippen LogP contribution in [0.3, 0.4) is 0 Å². The molecule has 5 rings (SSSR count). The highest BCUT2D eigenvalue weighted by atomic mass is 16.6. The number of carbonyl (C=O) groups excluding carboxylic acids is 3. The average molecular weight is 696 g/mol. The number of tetrazole rings is 1. The molecule has 1 atom stereocenters. The van der Waals surface area contributed by atoms with Gasteiger partial charge in [0.2, 0.25) is 17.6 Å². The smallest absolute Gasteiger partial charge is 0.407 e. The first-order valence-electron chi connectivity index (χ1n) is 17.2. The molecule has 51 heavy (non-hydrogen) atoms. The molecule has 4 aromatic rings. The maximum Gasteiger partial charge on any atom is 0.407 e. The van der Waals surface area contributed by atoms with Crippen LogP contribution in [0.2, 0.25) is 0 Å². The molecule has 1 aliphatic carbocycles. The number of benzene rings is 3. The summed E-state index contributed by atoms with van der Waals surface area (Å²) in [6.07, 6.45) is 3.58. The van der Waals surface area contributed by atoms with E-state index in [4.69, 9.17) is 4.74 Å². The van der Waals surface area contributed by atoms with E-state index in [2.05, 4.69) is 36.6 Å². The van der Waals surface area contributed by atoms with Crippen molar-refractivity contribution in [2.45, 2.75) is 77.9 Å². The Kier molecular flexibility index (Phi) is 11.8. The normalized spacial score (nSPS) is 16.5. The predicted molar refractivity (Wildman–Crippen MR) is 192 cm³/mol. The van der Waals surface area contributed by atoms with Gasteiger partial charge in [-0.3, -0.25) is 9.59 Å². The summed E-state index contributed by atoms with van der Waals surface area (Å²) in [4.78, 5) is 50.7. The van der Waals surface area contributed by atoms with Gasteiger partial charge in [0.05, 0.1) is 5.56 Å². The van der Waals surface area contributed by atoms with Gasteiger partial charge in [0, 0.05) is 30.6 Å². The lowest BCUT2D eigenvalue weighted by atomic mass is 9.80. The SMILES string of the molecule is Cc1cc(C(=O)O)ccc1-c1cccc(CC(NC(=O)CC2CCC(CNC(=O)OC(C)(C)C)CC2)C(=O)Nc2ccc(-c3nn[nH]n3)cc2)c1. The Morgan fingerprint density at radius 3 is 2.31 bits per heavy atom. The molecule has 0 bridgehead atoms. The summed E-state index contributed by atoms with van der Waals surface area (Å²) in [5.41, 5.74) is 4.34. The number of ether oxygens (including phenoxy) is 1. The lowest BCUT2D eigenvalue weighted by molar-refractivity contribution is -0.127. The van der Waals surface area contributed by atoms with Crippen molar-refractivity contribution in [3.8, 4) is 22.5 Å². The number of carbonyl (C=O) groups is 4. The minimum Gasteiger partial charge on any atom is -0.478 e. The fourth-order valence-corrected chi connectivity index (χ4v) is 6.34. The first-order valence-corrected chi connectivity index (χ1v) is 17.2. The minimum atomic E-state index is -0.990. The van der Waals surface area contributed by atoms with Crippen LogP contribution in [-0.4, -0.2) is 67.8 Å². The number of amides is 3. The summed E-state index contributed by atoms with van der Waals surface area (Å²) in [6.45, 7) is 7.88. The van der Waals surface area contributed by atoms with E-state index in [0.717, 1.165) is 53.5 Å². The number of carboxylic acids is 1. The molecule has 5 N–H and O–H groups in total. The number of rotatable bonds is 12. The number of anilines is 1. The third kappa shape index (κ3) is 10.7. The van der Waals surface area contributed by atoms with Crippen LogP contribution in [0.1, 0.15) is 74.4 Å². The molecule has 13 heteroatoms. The zero-order chi connectivity index (χ0) is 36.5. The highest BCUT2D eigenvalue weighted by Crippen LogP contribution is 2.31. The van der Waals surface area contributed by atoms with Gasteiger partial charge in [-0.2, -0.15) is 5.21 Å². The Morgan fingerprint density at radius 1 is 0.941 bits per heavy atom. The summed E-state index contributed by atoms with van der Waals surface area (Å²) in [6, 6.07) is 18.8. The van der Waals surface area contributed by atoms with Gasteiger partial charge >= 0.3 is 12.1 Å². The number of aryl methyl sites for hydroxylation is 1. The molecule has 1 aliphatic rings. The second-order valence-corrected chi connectivity index (χ2v) is 14.1. The van der Waals surface area contributed by atoms with E-state index in [1.165, 1.54) is 0 Å². The van der Waals surface area contributed by atoms with Crippen LogP contribution in [-0.2, 0) is 20.7 Å². The van der Waals surface area contributed by atoms with Crippen LogP contribution in [0.4, 0.5) is 10.5 Å².